The summed E-state index contributed by atoms with van der Waals surface area (Å²) in [5.41, 5.74) is 6.79. The molecular formula is C22H18ClN5O3. The Kier molecular flexibility index (Phi) is 4.33. The Labute approximate surface area is 182 Å². The molecule has 1 atom stereocenters. The van der Waals surface area contributed by atoms with Crippen molar-refractivity contribution in [1.82, 2.24) is 9.78 Å². The van der Waals surface area contributed by atoms with Gasteiger partial charge < -0.3 is 16.0 Å². The van der Waals surface area contributed by atoms with Crippen LogP contribution in [0.15, 0.2) is 54.7 Å². The van der Waals surface area contributed by atoms with Crippen LogP contribution in [0.25, 0.3) is 0 Å². The molecular weight excluding hydrogens is 418 g/mol. The molecule has 1 aromatic heterocycles. The van der Waals surface area contributed by atoms with E-state index in [2.05, 4.69) is 10.4 Å². The van der Waals surface area contributed by atoms with Gasteiger partial charge in [-0.05, 0) is 23.3 Å². The standard InChI is InChI=1S/C22H18ClN5O3/c23-16-7-3-1-5-13(16)11-28-20-15(10-25-28)22(9-19(30)26-20)14-6-2-4-8-17(14)27(21(22)31)12-18(24)29/h1-8,10H,9,11-12H2,(H2,24,29)(H,26,30)/t22-/m1/s1. The van der Waals surface area contributed by atoms with Gasteiger partial charge in [-0.15, -0.1) is 0 Å². The van der Waals surface area contributed by atoms with E-state index in [0.29, 0.717) is 34.2 Å². The summed E-state index contributed by atoms with van der Waals surface area (Å²) in [6.07, 6.45) is 1.52. The van der Waals surface area contributed by atoms with Crippen molar-refractivity contribution >= 4 is 40.8 Å². The van der Waals surface area contributed by atoms with E-state index < -0.39 is 11.3 Å². The Morgan fingerprint density at radius 1 is 1.13 bits per heavy atom. The van der Waals surface area contributed by atoms with Gasteiger partial charge in [-0.1, -0.05) is 48.0 Å². The molecule has 0 unspecified atom stereocenters. The number of carbonyl (C=O) groups is 3. The fraction of sp³-hybridized carbons (Fsp3) is 0.182. The molecule has 0 saturated carbocycles. The number of hydrogen-bond acceptors (Lipinski definition) is 4. The number of nitrogens with zero attached hydrogens (tertiary/aromatic N) is 3. The average Bonchev–Trinajstić information content (AvgIpc) is 3.23. The number of anilines is 2. The van der Waals surface area contributed by atoms with Crippen LogP contribution in [0.3, 0.4) is 0 Å². The normalized spacial score (nSPS) is 19.3. The zero-order valence-corrected chi connectivity index (χ0v) is 17.1. The molecule has 5 rings (SSSR count). The monoisotopic (exact) mass is 435 g/mol. The second-order valence-electron chi connectivity index (χ2n) is 7.66. The predicted octanol–water partition coefficient (Wildman–Crippen LogP) is 2.05. The molecule has 0 saturated heterocycles. The van der Waals surface area contributed by atoms with Gasteiger partial charge in [0.05, 0.1) is 12.7 Å². The highest BCUT2D eigenvalue weighted by atomic mass is 35.5. The van der Waals surface area contributed by atoms with Crippen molar-refractivity contribution in [2.24, 2.45) is 5.73 Å². The van der Waals surface area contributed by atoms with Crippen molar-refractivity contribution in [2.45, 2.75) is 18.4 Å². The van der Waals surface area contributed by atoms with Crippen LogP contribution < -0.4 is 16.0 Å². The van der Waals surface area contributed by atoms with E-state index in [1.54, 1.807) is 29.1 Å². The minimum atomic E-state index is -1.26. The van der Waals surface area contributed by atoms with Gasteiger partial charge in [0.25, 0.3) is 0 Å². The van der Waals surface area contributed by atoms with Gasteiger partial charge in [0.1, 0.15) is 17.8 Å². The van der Waals surface area contributed by atoms with Crippen molar-refractivity contribution in [2.75, 3.05) is 16.8 Å². The number of carbonyl (C=O) groups excluding carboxylic acids is 3. The topological polar surface area (TPSA) is 110 Å². The maximum absolute atomic E-state index is 13.7. The van der Waals surface area contributed by atoms with Crippen LogP contribution in [0.5, 0.6) is 0 Å². The lowest BCUT2D eigenvalue weighted by molar-refractivity contribution is -0.127. The van der Waals surface area contributed by atoms with Gasteiger partial charge in [-0.3, -0.25) is 14.4 Å². The maximum atomic E-state index is 13.7. The zero-order chi connectivity index (χ0) is 21.8. The minimum absolute atomic E-state index is 0.0805. The molecule has 2 aliphatic rings. The number of aromatic nitrogens is 2. The van der Waals surface area contributed by atoms with Crippen LogP contribution in [0.4, 0.5) is 11.5 Å². The number of amides is 3. The minimum Gasteiger partial charge on any atom is -0.368 e. The first kappa shape index (κ1) is 19.3. The van der Waals surface area contributed by atoms with E-state index in [1.807, 2.05) is 30.3 Å². The highest BCUT2D eigenvalue weighted by molar-refractivity contribution is 6.31. The van der Waals surface area contributed by atoms with E-state index in [4.69, 9.17) is 17.3 Å². The van der Waals surface area contributed by atoms with Crippen molar-refractivity contribution < 1.29 is 14.4 Å². The van der Waals surface area contributed by atoms with Gasteiger partial charge in [0.15, 0.2) is 0 Å². The summed E-state index contributed by atoms with van der Waals surface area (Å²) in [6.45, 7) is 0.0640. The summed E-state index contributed by atoms with van der Waals surface area (Å²) in [5, 5.41) is 7.91. The Morgan fingerprint density at radius 2 is 1.87 bits per heavy atom. The van der Waals surface area contributed by atoms with E-state index >= 15 is 0 Å². The molecule has 0 radical (unpaired) electrons. The summed E-state index contributed by atoms with van der Waals surface area (Å²) in [5.74, 6) is -0.853. The highest BCUT2D eigenvalue weighted by Crippen LogP contribution is 2.52. The van der Waals surface area contributed by atoms with Gasteiger partial charge in [0.2, 0.25) is 17.7 Å². The first-order valence-corrected chi connectivity index (χ1v) is 10.1. The van der Waals surface area contributed by atoms with Crippen LogP contribution in [0, 0.1) is 0 Å². The number of para-hydroxylation sites is 1. The van der Waals surface area contributed by atoms with Crippen LogP contribution in [0.1, 0.15) is 23.1 Å². The quantitative estimate of drug-likeness (QED) is 0.653. The molecule has 2 aliphatic heterocycles. The summed E-state index contributed by atoms with van der Waals surface area (Å²) < 4.78 is 1.63. The van der Waals surface area contributed by atoms with Gasteiger partial charge in [-0.2, -0.15) is 5.10 Å². The summed E-state index contributed by atoms with van der Waals surface area (Å²) in [6, 6.07) is 14.5. The fourth-order valence-electron chi connectivity index (χ4n) is 4.52. The second kappa shape index (κ2) is 6.95. The largest absolute Gasteiger partial charge is 0.368 e. The molecule has 0 bridgehead atoms. The van der Waals surface area contributed by atoms with E-state index in [0.717, 1.165) is 5.56 Å². The van der Waals surface area contributed by atoms with Gasteiger partial charge >= 0.3 is 0 Å². The molecule has 0 fully saturated rings. The van der Waals surface area contributed by atoms with Gasteiger partial charge in [-0.25, -0.2) is 4.68 Å². The molecule has 31 heavy (non-hydrogen) atoms. The summed E-state index contributed by atoms with van der Waals surface area (Å²) in [7, 11) is 0. The third-order valence-electron chi connectivity index (χ3n) is 5.84. The molecule has 0 aliphatic carbocycles. The van der Waals surface area contributed by atoms with E-state index in [9.17, 15) is 14.4 Å². The lowest BCUT2D eigenvalue weighted by Crippen LogP contribution is -2.48. The number of nitrogens with two attached hydrogens (primary N) is 1. The van der Waals surface area contributed by atoms with Crippen molar-refractivity contribution in [3.05, 3.63) is 76.4 Å². The Morgan fingerprint density at radius 3 is 2.65 bits per heavy atom. The first-order valence-electron chi connectivity index (χ1n) is 9.71. The molecule has 3 amide bonds. The molecule has 9 heteroatoms. The number of fused-ring (bicyclic) bond motifs is 4. The highest BCUT2D eigenvalue weighted by Gasteiger charge is 2.57. The lowest BCUT2D eigenvalue weighted by atomic mass is 9.72. The fourth-order valence-corrected chi connectivity index (χ4v) is 4.71. The van der Waals surface area contributed by atoms with Crippen LogP contribution in [-0.4, -0.2) is 34.0 Å². The zero-order valence-electron chi connectivity index (χ0n) is 16.3. The third-order valence-corrected chi connectivity index (χ3v) is 6.21. The molecule has 156 valence electrons. The molecule has 3 N–H and O–H groups in total. The molecule has 3 aromatic rings. The predicted molar refractivity (Wildman–Crippen MR) is 115 cm³/mol. The number of rotatable bonds is 4. The molecule has 1 spiro atoms. The second-order valence-corrected chi connectivity index (χ2v) is 8.07. The van der Waals surface area contributed by atoms with Crippen LogP contribution >= 0.6 is 11.6 Å². The number of halogens is 1. The van der Waals surface area contributed by atoms with Crippen molar-refractivity contribution in [3.8, 4) is 0 Å². The van der Waals surface area contributed by atoms with E-state index in [-0.39, 0.29) is 24.8 Å². The van der Waals surface area contributed by atoms with Gasteiger partial charge in [0, 0.05) is 22.7 Å². The molecule has 2 aromatic carbocycles. The molecule has 3 heterocycles. The summed E-state index contributed by atoms with van der Waals surface area (Å²) >= 11 is 6.30. The Hall–Kier alpha value is -3.65. The van der Waals surface area contributed by atoms with Crippen molar-refractivity contribution in [1.29, 1.82) is 0 Å². The number of hydrogen-bond donors (Lipinski definition) is 2. The van der Waals surface area contributed by atoms with E-state index in [1.165, 1.54) is 4.90 Å². The first-order chi connectivity index (χ1) is 14.9. The number of benzene rings is 2. The average molecular weight is 436 g/mol. The Balaban J connectivity index is 1.67. The van der Waals surface area contributed by atoms with Crippen molar-refractivity contribution in [3.63, 3.8) is 0 Å². The Bertz CT molecular complexity index is 1250. The smallest absolute Gasteiger partial charge is 0.243 e. The third kappa shape index (κ3) is 2.83. The maximum Gasteiger partial charge on any atom is 0.243 e. The SMILES string of the molecule is NC(=O)CN1C(=O)[C@]2(CC(=O)Nc3c2cnn3Cc2ccccc2Cl)c2ccccc21. The lowest BCUT2D eigenvalue weighted by Gasteiger charge is -2.32. The summed E-state index contributed by atoms with van der Waals surface area (Å²) in [4.78, 5) is 39.5. The number of primary amides is 1. The molecule has 8 nitrogen and oxygen atoms in total. The number of nitrogens with one attached hydrogen (secondary N) is 1. The van der Waals surface area contributed by atoms with Crippen LogP contribution in [-0.2, 0) is 26.3 Å². The van der Waals surface area contributed by atoms with Crippen LogP contribution in [0.2, 0.25) is 5.02 Å².